The van der Waals surface area contributed by atoms with Gasteiger partial charge < -0.3 is 15.4 Å². The average molecular weight is 348 g/mol. The van der Waals surface area contributed by atoms with E-state index in [9.17, 15) is 0 Å². The molecule has 132 valence electrons. The summed E-state index contributed by atoms with van der Waals surface area (Å²) in [6.07, 6.45) is 6.66. The molecule has 2 aliphatic rings. The van der Waals surface area contributed by atoms with E-state index in [0.717, 1.165) is 24.8 Å². The molecule has 1 saturated carbocycles. The van der Waals surface area contributed by atoms with Gasteiger partial charge in [-0.25, -0.2) is 0 Å². The number of nitrogens with zero attached hydrogens (tertiary/aromatic N) is 1. The third-order valence-electron chi connectivity index (χ3n) is 4.92. The highest BCUT2D eigenvalue weighted by Gasteiger charge is 2.29. The zero-order chi connectivity index (χ0) is 16.8. The monoisotopic (exact) mass is 347 g/mol. The van der Waals surface area contributed by atoms with E-state index in [4.69, 9.17) is 4.74 Å². The highest BCUT2D eigenvalue weighted by molar-refractivity contribution is 8.00. The minimum absolute atomic E-state index is 0.336. The van der Waals surface area contributed by atoms with Crippen molar-refractivity contribution in [2.24, 2.45) is 4.99 Å². The van der Waals surface area contributed by atoms with Gasteiger partial charge in [0.05, 0.1) is 6.10 Å². The topological polar surface area (TPSA) is 45.7 Å². The van der Waals surface area contributed by atoms with Crippen molar-refractivity contribution in [2.45, 2.75) is 56.4 Å². The minimum Gasteiger partial charge on any atom is -0.490 e. The molecular weight excluding hydrogens is 318 g/mol. The van der Waals surface area contributed by atoms with Crippen LogP contribution in [-0.4, -0.2) is 36.2 Å². The molecule has 0 amide bonds. The van der Waals surface area contributed by atoms with Crippen LogP contribution in [0.25, 0.3) is 0 Å². The first-order valence-corrected chi connectivity index (χ1v) is 10.0. The van der Waals surface area contributed by atoms with Crippen molar-refractivity contribution < 1.29 is 4.74 Å². The fourth-order valence-corrected chi connectivity index (χ4v) is 4.32. The van der Waals surface area contributed by atoms with E-state index >= 15 is 0 Å². The predicted octanol–water partition coefficient (Wildman–Crippen LogP) is 3.57. The van der Waals surface area contributed by atoms with Crippen LogP contribution in [0.3, 0.4) is 0 Å². The molecule has 3 rings (SSSR count). The standard InChI is InChI=1S/C19H29N3OS/c1-19(11-6-12-24-19)14-22-18(20-2)21-13-15-7-3-4-10-17(15)23-16-8-5-9-16/h3-4,7,10,16H,5-6,8-9,11-14H2,1-2H3,(H2,20,21,22). The van der Waals surface area contributed by atoms with E-state index in [0.29, 0.717) is 10.9 Å². The Bertz CT molecular complexity index is 565. The number of hydrogen-bond acceptors (Lipinski definition) is 3. The van der Waals surface area contributed by atoms with Crippen molar-refractivity contribution in [3.05, 3.63) is 29.8 Å². The highest BCUT2D eigenvalue weighted by atomic mass is 32.2. The molecule has 0 radical (unpaired) electrons. The number of guanidine groups is 1. The molecular formula is C19H29N3OS. The second kappa shape index (κ2) is 8.15. The molecule has 1 atom stereocenters. The SMILES string of the molecule is CN=C(NCc1ccccc1OC1CCC1)NCC1(C)CCCS1. The molecule has 4 nitrogen and oxygen atoms in total. The molecule has 0 bridgehead atoms. The third-order valence-corrected chi connectivity index (χ3v) is 6.46. The van der Waals surface area contributed by atoms with Crippen molar-refractivity contribution in [1.82, 2.24) is 10.6 Å². The Labute approximate surface area is 149 Å². The molecule has 1 aromatic rings. The van der Waals surface area contributed by atoms with Crippen LogP contribution in [0.2, 0.25) is 0 Å². The number of ether oxygens (including phenoxy) is 1. The molecule has 1 aromatic carbocycles. The summed E-state index contributed by atoms with van der Waals surface area (Å²) in [4.78, 5) is 4.36. The molecule has 1 aliphatic heterocycles. The Balaban J connectivity index is 1.51. The molecule has 2 N–H and O–H groups in total. The Morgan fingerprint density at radius 2 is 2.12 bits per heavy atom. The summed E-state index contributed by atoms with van der Waals surface area (Å²) in [5, 5.41) is 6.91. The lowest BCUT2D eigenvalue weighted by Crippen LogP contribution is -2.43. The predicted molar refractivity (Wildman–Crippen MR) is 103 cm³/mol. The van der Waals surface area contributed by atoms with Crippen LogP contribution in [0.5, 0.6) is 5.75 Å². The van der Waals surface area contributed by atoms with Crippen LogP contribution in [-0.2, 0) is 6.54 Å². The number of benzene rings is 1. The van der Waals surface area contributed by atoms with Crippen LogP contribution in [0.1, 0.15) is 44.6 Å². The minimum atomic E-state index is 0.336. The van der Waals surface area contributed by atoms with Gasteiger partial charge in [-0.15, -0.1) is 0 Å². The Kier molecular flexibility index (Phi) is 5.93. The summed E-state index contributed by atoms with van der Waals surface area (Å²) in [6.45, 7) is 4.02. The Morgan fingerprint density at radius 1 is 1.29 bits per heavy atom. The van der Waals surface area contributed by atoms with E-state index < -0.39 is 0 Å². The number of nitrogens with one attached hydrogen (secondary N) is 2. The normalized spacial score (nSPS) is 24.5. The van der Waals surface area contributed by atoms with Crippen LogP contribution in [0, 0.1) is 0 Å². The lowest BCUT2D eigenvalue weighted by Gasteiger charge is -2.28. The maximum Gasteiger partial charge on any atom is 0.191 e. The van der Waals surface area contributed by atoms with Gasteiger partial charge in [-0.3, -0.25) is 4.99 Å². The molecule has 0 aromatic heterocycles. The summed E-state index contributed by atoms with van der Waals surface area (Å²) in [5.41, 5.74) is 1.19. The van der Waals surface area contributed by atoms with Gasteiger partial charge in [-0.1, -0.05) is 18.2 Å². The molecule has 5 heteroatoms. The summed E-state index contributed by atoms with van der Waals surface area (Å²) in [6, 6.07) is 8.31. The lowest BCUT2D eigenvalue weighted by molar-refractivity contribution is 0.119. The van der Waals surface area contributed by atoms with Crippen molar-refractivity contribution in [1.29, 1.82) is 0 Å². The van der Waals surface area contributed by atoms with Gasteiger partial charge >= 0.3 is 0 Å². The van der Waals surface area contributed by atoms with E-state index in [1.807, 2.05) is 13.1 Å². The van der Waals surface area contributed by atoms with E-state index in [1.54, 1.807) is 0 Å². The lowest BCUT2D eigenvalue weighted by atomic mass is 9.96. The largest absolute Gasteiger partial charge is 0.490 e. The van der Waals surface area contributed by atoms with Gasteiger partial charge in [0.25, 0.3) is 0 Å². The molecule has 0 spiro atoms. The molecule has 1 saturated heterocycles. The number of aliphatic imine (C=N–C) groups is 1. The Hall–Kier alpha value is -1.36. The third kappa shape index (κ3) is 4.59. The van der Waals surface area contributed by atoms with Crippen LogP contribution < -0.4 is 15.4 Å². The zero-order valence-corrected chi connectivity index (χ0v) is 15.6. The Morgan fingerprint density at radius 3 is 2.79 bits per heavy atom. The quantitative estimate of drug-likeness (QED) is 0.610. The van der Waals surface area contributed by atoms with Gasteiger partial charge in [0.2, 0.25) is 0 Å². The number of rotatable bonds is 6. The van der Waals surface area contributed by atoms with Crippen molar-refractivity contribution >= 4 is 17.7 Å². The summed E-state index contributed by atoms with van der Waals surface area (Å²) >= 11 is 2.06. The van der Waals surface area contributed by atoms with Gasteiger partial charge in [0.1, 0.15) is 5.75 Å². The van der Waals surface area contributed by atoms with E-state index in [-0.39, 0.29) is 0 Å². The van der Waals surface area contributed by atoms with Gasteiger partial charge in [0.15, 0.2) is 5.96 Å². The van der Waals surface area contributed by atoms with E-state index in [1.165, 1.54) is 43.4 Å². The molecule has 24 heavy (non-hydrogen) atoms. The van der Waals surface area contributed by atoms with Gasteiger partial charge in [-0.05, 0) is 50.8 Å². The van der Waals surface area contributed by atoms with Gasteiger partial charge in [-0.2, -0.15) is 11.8 Å². The first kappa shape index (κ1) is 17.5. The number of para-hydroxylation sites is 1. The van der Waals surface area contributed by atoms with Crippen molar-refractivity contribution in [2.75, 3.05) is 19.3 Å². The molecule has 1 unspecified atom stereocenters. The molecule has 2 fully saturated rings. The van der Waals surface area contributed by atoms with Crippen molar-refractivity contribution in [3.63, 3.8) is 0 Å². The van der Waals surface area contributed by atoms with Crippen molar-refractivity contribution in [3.8, 4) is 5.75 Å². The smallest absolute Gasteiger partial charge is 0.191 e. The highest BCUT2D eigenvalue weighted by Crippen LogP contribution is 2.36. The second-order valence-corrected chi connectivity index (χ2v) is 8.64. The van der Waals surface area contributed by atoms with Crippen LogP contribution >= 0.6 is 11.8 Å². The first-order chi connectivity index (χ1) is 11.7. The number of thioether (sulfide) groups is 1. The fourth-order valence-electron chi connectivity index (χ4n) is 3.08. The maximum absolute atomic E-state index is 6.10. The van der Waals surface area contributed by atoms with Crippen LogP contribution in [0.15, 0.2) is 29.3 Å². The summed E-state index contributed by atoms with van der Waals surface area (Å²) in [7, 11) is 1.83. The zero-order valence-electron chi connectivity index (χ0n) is 14.8. The molecule has 1 aliphatic carbocycles. The van der Waals surface area contributed by atoms with Crippen LogP contribution in [0.4, 0.5) is 0 Å². The average Bonchev–Trinajstić information content (AvgIpc) is 2.99. The first-order valence-electron chi connectivity index (χ1n) is 9.02. The van der Waals surface area contributed by atoms with E-state index in [2.05, 4.69) is 52.5 Å². The summed E-state index contributed by atoms with van der Waals surface area (Å²) in [5.74, 6) is 3.14. The second-order valence-electron chi connectivity index (χ2n) is 6.96. The van der Waals surface area contributed by atoms with Gasteiger partial charge in [0, 0.05) is 30.4 Å². The number of hydrogen-bond donors (Lipinski definition) is 2. The molecule has 1 heterocycles. The summed E-state index contributed by atoms with van der Waals surface area (Å²) < 4.78 is 6.44. The fraction of sp³-hybridized carbons (Fsp3) is 0.632. The maximum atomic E-state index is 6.10.